The van der Waals surface area contributed by atoms with E-state index in [4.69, 9.17) is 23.2 Å². The van der Waals surface area contributed by atoms with Crippen molar-refractivity contribution in [1.29, 1.82) is 0 Å². The normalized spacial score (nSPS) is 12.8. The molecular weight excluding hydrogens is 303 g/mol. The first-order valence-corrected chi connectivity index (χ1v) is 7.83. The Hall–Kier alpha value is -1.51. The number of alkyl halides is 1. The van der Waals surface area contributed by atoms with E-state index in [-0.39, 0.29) is 5.38 Å². The van der Waals surface area contributed by atoms with E-state index >= 15 is 0 Å². The molecule has 3 rings (SSSR count). The minimum absolute atomic E-state index is 0.179. The lowest BCUT2D eigenvalue weighted by atomic mass is 10.1. The Morgan fingerprint density at radius 2 is 1.86 bits per heavy atom. The lowest BCUT2D eigenvalue weighted by molar-refractivity contribution is 0.882. The van der Waals surface area contributed by atoms with E-state index in [0.717, 1.165) is 29.0 Å². The van der Waals surface area contributed by atoms with Crippen molar-refractivity contribution in [3.05, 3.63) is 58.9 Å². The summed E-state index contributed by atoms with van der Waals surface area (Å²) in [6.45, 7) is 4.08. The SMILES string of the molecule is CCc1ccc(-n2c(C(C)Cl)nc3ccc(Cl)cc32)cc1. The molecule has 0 amide bonds. The minimum atomic E-state index is -0.179. The van der Waals surface area contributed by atoms with E-state index in [1.165, 1.54) is 5.56 Å². The highest BCUT2D eigenvalue weighted by atomic mass is 35.5. The molecule has 3 aromatic rings. The Bertz CT molecular complexity index is 773. The third kappa shape index (κ3) is 2.66. The second-order valence-electron chi connectivity index (χ2n) is 5.07. The standard InChI is InChI=1S/C17H16Cl2N2/c1-3-12-4-7-14(8-5-12)21-16-10-13(19)6-9-15(16)20-17(21)11(2)18/h4-11H,3H2,1-2H3. The topological polar surface area (TPSA) is 17.8 Å². The fourth-order valence-electron chi connectivity index (χ4n) is 2.49. The van der Waals surface area contributed by atoms with E-state index < -0.39 is 0 Å². The fraction of sp³-hybridized carbons (Fsp3) is 0.235. The van der Waals surface area contributed by atoms with Crippen LogP contribution in [0.4, 0.5) is 0 Å². The number of imidazole rings is 1. The van der Waals surface area contributed by atoms with Crippen molar-refractivity contribution in [1.82, 2.24) is 9.55 Å². The van der Waals surface area contributed by atoms with E-state index in [2.05, 4.69) is 40.7 Å². The highest BCUT2D eigenvalue weighted by Crippen LogP contribution is 2.29. The Labute approximate surface area is 134 Å². The van der Waals surface area contributed by atoms with Gasteiger partial charge in [-0.25, -0.2) is 4.98 Å². The lowest BCUT2D eigenvalue weighted by Crippen LogP contribution is -2.02. The quantitative estimate of drug-likeness (QED) is 0.579. The van der Waals surface area contributed by atoms with Crippen molar-refractivity contribution >= 4 is 34.2 Å². The Morgan fingerprint density at radius 1 is 1.14 bits per heavy atom. The second-order valence-corrected chi connectivity index (χ2v) is 6.17. The van der Waals surface area contributed by atoms with E-state index in [9.17, 15) is 0 Å². The van der Waals surface area contributed by atoms with Gasteiger partial charge in [0.1, 0.15) is 5.82 Å². The molecule has 0 saturated carbocycles. The lowest BCUT2D eigenvalue weighted by Gasteiger charge is -2.11. The Kier molecular flexibility index (Phi) is 3.92. The molecule has 0 bridgehead atoms. The summed E-state index contributed by atoms with van der Waals surface area (Å²) < 4.78 is 2.08. The predicted molar refractivity (Wildman–Crippen MR) is 89.7 cm³/mol. The number of aromatic nitrogens is 2. The fourth-order valence-corrected chi connectivity index (χ4v) is 2.80. The van der Waals surface area contributed by atoms with Crippen molar-refractivity contribution in [3.8, 4) is 5.69 Å². The maximum Gasteiger partial charge on any atom is 0.132 e. The number of benzene rings is 2. The Balaban J connectivity index is 2.26. The van der Waals surface area contributed by atoms with Crippen molar-refractivity contribution in [2.75, 3.05) is 0 Å². The van der Waals surface area contributed by atoms with Gasteiger partial charge < -0.3 is 0 Å². The molecule has 21 heavy (non-hydrogen) atoms. The average molecular weight is 319 g/mol. The van der Waals surface area contributed by atoms with Crippen LogP contribution in [0.3, 0.4) is 0 Å². The molecule has 1 unspecified atom stereocenters. The van der Waals surface area contributed by atoms with Gasteiger partial charge in [-0.1, -0.05) is 30.7 Å². The summed E-state index contributed by atoms with van der Waals surface area (Å²) >= 11 is 12.5. The first-order valence-electron chi connectivity index (χ1n) is 7.01. The van der Waals surface area contributed by atoms with Crippen LogP contribution in [0.5, 0.6) is 0 Å². The molecular formula is C17H16Cl2N2. The van der Waals surface area contributed by atoms with Crippen LogP contribution in [0, 0.1) is 0 Å². The summed E-state index contributed by atoms with van der Waals surface area (Å²) in [5.41, 5.74) is 4.25. The van der Waals surface area contributed by atoms with E-state index in [1.807, 2.05) is 25.1 Å². The zero-order chi connectivity index (χ0) is 15.0. The van der Waals surface area contributed by atoms with Crippen LogP contribution < -0.4 is 0 Å². The summed E-state index contributed by atoms with van der Waals surface area (Å²) in [6, 6.07) is 14.2. The number of rotatable bonds is 3. The summed E-state index contributed by atoms with van der Waals surface area (Å²) in [5, 5.41) is 0.518. The zero-order valence-corrected chi connectivity index (χ0v) is 13.5. The van der Waals surface area contributed by atoms with E-state index in [1.54, 1.807) is 0 Å². The molecule has 1 heterocycles. The summed E-state index contributed by atoms with van der Waals surface area (Å²) in [6.07, 6.45) is 1.02. The monoisotopic (exact) mass is 318 g/mol. The molecule has 2 nitrogen and oxygen atoms in total. The van der Waals surface area contributed by atoms with Crippen molar-refractivity contribution in [2.45, 2.75) is 25.6 Å². The third-order valence-corrected chi connectivity index (χ3v) is 4.03. The first kappa shape index (κ1) is 14.4. The molecule has 0 N–H and O–H groups in total. The number of hydrogen-bond donors (Lipinski definition) is 0. The number of hydrogen-bond acceptors (Lipinski definition) is 1. The van der Waals surface area contributed by atoms with Gasteiger partial charge in [-0.2, -0.15) is 0 Å². The number of nitrogens with zero attached hydrogens (tertiary/aromatic N) is 2. The maximum atomic E-state index is 6.31. The van der Waals surface area contributed by atoms with Crippen LogP contribution in [0.1, 0.15) is 30.6 Å². The van der Waals surface area contributed by atoms with Gasteiger partial charge in [0, 0.05) is 10.7 Å². The molecule has 0 aliphatic heterocycles. The highest BCUT2D eigenvalue weighted by molar-refractivity contribution is 6.31. The zero-order valence-electron chi connectivity index (χ0n) is 12.0. The van der Waals surface area contributed by atoms with Crippen molar-refractivity contribution < 1.29 is 0 Å². The van der Waals surface area contributed by atoms with Gasteiger partial charge in [0.15, 0.2) is 0 Å². The molecule has 1 atom stereocenters. The van der Waals surface area contributed by atoms with Gasteiger partial charge in [0.05, 0.1) is 16.4 Å². The molecule has 108 valence electrons. The van der Waals surface area contributed by atoms with Crippen molar-refractivity contribution in [2.24, 2.45) is 0 Å². The highest BCUT2D eigenvalue weighted by Gasteiger charge is 2.16. The summed E-state index contributed by atoms with van der Waals surface area (Å²) in [5.74, 6) is 0.832. The van der Waals surface area contributed by atoms with Crippen LogP contribution in [-0.4, -0.2) is 9.55 Å². The second kappa shape index (κ2) is 5.70. The van der Waals surface area contributed by atoms with Gasteiger partial charge >= 0.3 is 0 Å². The predicted octanol–water partition coefficient (Wildman–Crippen LogP) is 5.54. The molecule has 0 spiro atoms. The molecule has 0 aliphatic carbocycles. The van der Waals surface area contributed by atoms with Gasteiger partial charge in [-0.05, 0) is 49.2 Å². The van der Waals surface area contributed by atoms with Crippen LogP contribution in [-0.2, 0) is 6.42 Å². The van der Waals surface area contributed by atoms with Crippen LogP contribution in [0.15, 0.2) is 42.5 Å². The molecule has 0 fully saturated rings. The smallest absolute Gasteiger partial charge is 0.132 e. The molecule has 0 radical (unpaired) electrons. The molecule has 1 aromatic heterocycles. The largest absolute Gasteiger partial charge is 0.295 e. The minimum Gasteiger partial charge on any atom is -0.295 e. The van der Waals surface area contributed by atoms with Gasteiger partial charge in [-0.15, -0.1) is 11.6 Å². The van der Waals surface area contributed by atoms with Crippen molar-refractivity contribution in [3.63, 3.8) is 0 Å². The van der Waals surface area contributed by atoms with Gasteiger partial charge in [-0.3, -0.25) is 4.57 Å². The number of aryl methyl sites for hydroxylation is 1. The van der Waals surface area contributed by atoms with Crippen LogP contribution >= 0.6 is 23.2 Å². The summed E-state index contributed by atoms with van der Waals surface area (Å²) in [4.78, 5) is 4.64. The third-order valence-electron chi connectivity index (χ3n) is 3.60. The molecule has 4 heteroatoms. The van der Waals surface area contributed by atoms with Gasteiger partial charge in [0.2, 0.25) is 0 Å². The summed E-state index contributed by atoms with van der Waals surface area (Å²) in [7, 11) is 0. The first-order chi connectivity index (χ1) is 10.1. The van der Waals surface area contributed by atoms with Crippen LogP contribution in [0.25, 0.3) is 16.7 Å². The number of fused-ring (bicyclic) bond motifs is 1. The maximum absolute atomic E-state index is 6.31. The molecule has 2 aromatic carbocycles. The van der Waals surface area contributed by atoms with Crippen LogP contribution in [0.2, 0.25) is 5.02 Å². The molecule has 0 aliphatic rings. The molecule has 0 saturated heterocycles. The average Bonchev–Trinajstić information content (AvgIpc) is 2.86. The van der Waals surface area contributed by atoms with E-state index in [0.29, 0.717) is 5.02 Å². The Morgan fingerprint density at radius 3 is 2.48 bits per heavy atom. The number of halogens is 2. The van der Waals surface area contributed by atoms with Gasteiger partial charge in [0.25, 0.3) is 0 Å².